The van der Waals surface area contributed by atoms with Gasteiger partial charge in [-0.15, -0.1) is 0 Å². The molecule has 0 aliphatic carbocycles. The first-order valence-corrected chi connectivity index (χ1v) is 6.40. The van der Waals surface area contributed by atoms with E-state index in [1.54, 1.807) is 30.0 Å². The molecule has 0 amide bonds. The zero-order valence-corrected chi connectivity index (χ0v) is 11.7. The van der Waals surface area contributed by atoms with Crippen molar-refractivity contribution in [3.8, 4) is 5.75 Å². The maximum absolute atomic E-state index is 12.3. The highest BCUT2D eigenvalue weighted by Crippen LogP contribution is 2.17. The molecule has 1 aromatic carbocycles. The largest absolute Gasteiger partial charge is 0.497 e. The number of thiocarbonyl (C=S) groups is 1. The summed E-state index contributed by atoms with van der Waals surface area (Å²) < 4.78 is 6.78. The van der Waals surface area contributed by atoms with E-state index in [2.05, 4.69) is 0 Å². The van der Waals surface area contributed by atoms with Crippen molar-refractivity contribution in [1.82, 2.24) is 4.57 Å². The van der Waals surface area contributed by atoms with Crippen LogP contribution in [0.3, 0.4) is 0 Å². The van der Waals surface area contributed by atoms with Crippen molar-refractivity contribution >= 4 is 28.0 Å². The molecule has 100 valence electrons. The van der Waals surface area contributed by atoms with Gasteiger partial charge in [-0.2, -0.15) is 0 Å². The molecule has 2 N–H and O–H groups in total. The Morgan fingerprint density at radius 3 is 2.84 bits per heavy atom. The third-order valence-corrected chi connectivity index (χ3v) is 3.54. The summed E-state index contributed by atoms with van der Waals surface area (Å²) in [6.45, 7) is 2.41. The first-order chi connectivity index (χ1) is 9.02. The van der Waals surface area contributed by atoms with Gasteiger partial charge in [0, 0.05) is 24.0 Å². The fourth-order valence-corrected chi connectivity index (χ4v) is 2.00. The van der Waals surface area contributed by atoms with Crippen molar-refractivity contribution in [2.24, 2.45) is 11.7 Å². The lowest BCUT2D eigenvalue weighted by Gasteiger charge is -2.12. The fourth-order valence-electron chi connectivity index (χ4n) is 1.92. The van der Waals surface area contributed by atoms with E-state index in [4.69, 9.17) is 22.7 Å². The molecule has 0 radical (unpaired) electrons. The Kier molecular flexibility index (Phi) is 3.85. The molecule has 1 atom stereocenters. The quantitative estimate of drug-likeness (QED) is 0.867. The minimum atomic E-state index is -0.0387. The predicted molar refractivity (Wildman–Crippen MR) is 80.7 cm³/mol. The number of aromatic nitrogens is 1. The molecule has 0 fully saturated rings. The molecule has 4 nitrogen and oxygen atoms in total. The van der Waals surface area contributed by atoms with Gasteiger partial charge in [0.1, 0.15) is 5.75 Å². The van der Waals surface area contributed by atoms with E-state index in [0.29, 0.717) is 16.9 Å². The van der Waals surface area contributed by atoms with Crippen molar-refractivity contribution < 1.29 is 4.74 Å². The van der Waals surface area contributed by atoms with Gasteiger partial charge in [-0.1, -0.05) is 19.1 Å². The monoisotopic (exact) mass is 276 g/mol. The molecule has 0 bridgehead atoms. The molecule has 2 aromatic rings. The standard InChI is InChI=1S/C14H16N2O2S/c1-9(13(15)19)8-16-6-5-10-7-11(18-2)3-4-12(10)14(16)17/h3-7,9H,8H2,1-2H3,(H2,15,19). The molecule has 0 saturated carbocycles. The van der Waals surface area contributed by atoms with E-state index >= 15 is 0 Å². The molecule has 0 aliphatic heterocycles. The number of fused-ring (bicyclic) bond motifs is 1. The Morgan fingerprint density at radius 2 is 2.21 bits per heavy atom. The third kappa shape index (κ3) is 2.76. The average Bonchev–Trinajstić information content (AvgIpc) is 2.41. The lowest BCUT2D eigenvalue weighted by molar-refractivity contribution is 0.415. The molecule has 2 rings (SSSR count). The summed E-state index contributed by atoms with van der Waals surface area (Å²) in [5.74, 6) is 0.726. The van der Waals surface area contributed by atoms with Crippen LogP contribution in [0.5, 0.6) is 5.75 Å². The van der Waals surface area contributed by atoms with Crippen LogP contribution in [0.2, 0.25) is 0 Å². The first kappa shape index (κ1) is 13.5. The highest BCUT2D eigenvalue weighted by Gasteiger charge is 2.09. The molecular formula is C14H16N2O2S. The number of nitrogens with two attached hydrogens (primary N) is 1. The molecule has 0 aliphatic rings. The van der Waals surface area contributed by atoms with Crippen molar-refractivity contribution in [2.75, 3.05) is 7.11 Å². The average molecular weight is 276 g/mol. The van der Waals surface area contributed by atoms with E-state index in [9.17, 15) is 4.79 Å². The second-order valence-corrected chi connectivity index (χ2v) is 5.00. The third-order valence-electron chi connectivity index (χ3n) is 3.14. The molecule has 19 heavy (non-hydrogen) atoms. The Balaban J connectivity index is 2.46. The topological polar surface area (TPSA) is 57.2 Å². The Hall–Kier alpha value is -1.88. The zero-order valence-electron chi connectivity index (χ0n) is 10.9. The van der Waals surface area contributed by atoms with E-state index in [1.165, 1.54) is 0 Å². The van der Waals surface area contributed by atoms with Crippen LogP contribution >= 0.6 is 12.2 Å². The summed E-state index contributed by atoms with van der Waals surface area (Å²) in [7, 11) is 1.60. The molecule has 0 saturated heterocycles. The van der Waals surface area contributed by atoms with Gasteiger partial charge in [0.2, 0.25) is 0 Å². The van der Waals surface area contributed by atoms with Crippen LogP contribution in [0.25, 0.3) is 10.8 Å². The predicted octanol–water partition coefficient (Wildman–Crippen LogP) is 1.93. The maximum atomic E-state index is 12.3. The Morgan fingerprint density at radius 1 is 1.47 bits per heavy atom. The minimum Gasteiger partial charge on any atom is -0.497 e. The van der Waals surface area contributed by atoms with Gasteiger partial charge in [0.15, 0.2) is 0 Å². The van der Waals surface area contributed by atoms with E-state index in [1.807, 2.05) is 19.1 Å². The second kappa shape index (κ2) is 5.40. The van der Waals surface area contributed by atoms with Gasteiger partial charge in [0.25, 0.3) is 5.56 Å². The summed E-state index contributed by atoms with van der Waals surface area (Å²) in [5.41, 5.74) is 5.55. The summed E-state index contributed by atoms with van der Waals surface area (Å²) in [5, 5.41) is 1.53. The van der Waals surface area contributed by atoms with E-state index in [-0.39, 0.29) is 11.5 Å². The number of benzene rings is 1. The van der Waals surface area contributed by atoms with Gasteiger partial charge in [-0.25, -0.2) is 0 Å². The van der Waals surface area contributed by atoms with Crippen molar-refractivity contribution in [1.29, 1.82) is 0 Å². The summed E-state index contributed by atoms with van der Waals surface area (Å²) in [4.78, 5) is 12.7. The lowest BCUT2D eigenvalue weighted by atomic mass is 10.1. The molecule has 1 unspecified atom stereocenters. The number of hydrogen-bond acceptors (Lipinski definition) is 3. The SMILES string of the molecule is COc1ccc2c(=O)n(CC(C)C(N)=S)ccc2c1. The van der Waals surface area contributed by atoms with Crippen LogP contribution in [0, 0.1) is 5.92 Å². The van der Waals surface area contributed by atoms with Crippen LogP contribution in [0.1, 0.15) is 6.92 Å². The molecular weight excluding hydrogens is 260 g/mol. The highest BCUT2D eigenvalue weighted by atomic mass is 32.1. The van der Waals surface area contributed by atoms with E-state index in [0.717, 1.165) is 11.1 Å². The van der Waals surface area contributed by atoms with Crippen LogP contribution in [-0.4, -0.2) is 16.7 Å². The van der Waals surface area contributed by atoms with Crippen molar-refractivity contribution in [3.63, 3.8) is 0 Å². The molecule has 1 heterocycles. The van der Waals surface area contributed by atoms with Gasteiger partial charge in [-0.05, 0) is 29.7 Å². The number of rotatable bonds is 4. The maximum Gasteiger partial charge on any atom is 0.258 e. The number of methoxy groups -OCH3 is 1. The highest BCUT2D eigenvalue weighted by molar-refractivity contribution is 7.80. The van der Waals surface area contributed by atoms with Gasteiger partial charge in [-0.3, -0.25) is 4.79 Å². The lowest BCUT2D eigenvalue weighted by Crippen LogP contribution is -2.28. The fraction of sp³-hybridized carbons (Fsp3) is 0.286. The van der Waals surface area contributed by atoms with Gasteiger partial charge in [0.05, 0.1) is 12.1 Å². The van der Waals surface area contributed by atoms with Gasteiger partial charge >= 0.3 is 0 Å². The number of hydrogen-bond donors (Lipinski definition) is 1. The summed E-state index contributed by atoms with van der Waals surface area (Å²) in [6.07, 6.45) is 1.76. The summed E-state index contributed by atoms with van der Waals surface area (Å²) >= 11 is 4.94. The van der Waals surface area contributed by atoms with Crippen molar-refractivity contribution in [2.45, 2.75) is 13.5 Å². The Labute approximate surface area is 116 Å². The molecule has 5 heteroatoms. The molecule has 1 aromatic heterocycles. The molecule has 0 spiro atoms. The van der Waals surface area contributed by atoms with Crippen molar-refractivity contribution in [3.05, 3.63) is 40.8 Å². The number of pyridine rings is 1. The summed E-state index contributed by atoms with van der Waals surface area (Å²) in [6, 6.07) is 7.30. The minimum absolute atomic E-state index is 0.0107. The van der Waals surface area contributed by atoms with Crippen LogP contribution in [0.15, 0.2) is 35.3 Å². The number of nitrogens with zero attached hydrogens (tertiary/aromatic N) is 1. The van der Waals surface area contributed by atoms with Crippen LogP contribution in [-0.2, 0) is 6.54 Å². The number of ether oxygens (including phenoxy) is 1. The Bertz CT molecular complexity index is 679. The smallest absolute Gasteiger partial charge is 0.258 e. The first-order valence-electron chi connectivity index (χ1n) is 5.99. The second-order valence-electron chi connectivity index (χ2n) is 4.53. The van der Waals surface area contributed by atoms with Crippen LogP contribution < -0.4 is 16.0 Å². The van der Waals surface area contributed by atoms with Crippen LogP contribution in [0.4, 0.5) is 0 Å². The zero-order chi connectivity index (χ0) is 14.0. The van der Waals surface area contributed by atoms with Gasteiger partial charge < -0.3 is 15.0 Å². The normalized spacial score (nSPS) is 12.3. The van der Waals surface area contributed by atoms with E-state index < -0.39 is 0 Å².